The molecule has 3 rings (SSSR count). The fraction of sp³-hybridized carbons (Fsp3) is 0.444. The van der Waals surface area contributed by atoms with Gasteiger partial charge in [0.05, 0.1) is 18.4 Å². The van der Waals surface area contributed by atoms with E-state index in [-0.39, 0.29) is 24.6 Å². The van der Waals surface area contributed by atoms with Gasteiger partial charge >= 0.3 is 5.97 Å². The number of hydrogen-bond donors (Lipinski definition) is 1. The fourth-order valence-corrected chi connectivity index (χ4v) is 2.99. The molecule has 1 fully saturated rings. The summed E-state index contributed by atoms with van der Waals surface area (Å²) in [4.78, 5) is 24.8. The van der Waals surface area contributed by atoms with Gasteiger partial charge < -0.3 is 10.1 Å². The first kappa shape index (κ1) is 17.0. The van der Waals surface area contributed by atoms with E-state index in [0.29, 0.717) is 18.5 Å². The molecule has 0 bridgehead atoms. The topological polar surface area (TPSA) is 94.8 Å². The van der Waals surface area contributed by atoms with E-state index >= 15 is 0 Å². The summed E-state index contributed by atoms with van der Waals surface area (Å²) in [6.45, 7) is 1.97. The van der Waals surface area contributed by atoms with Crippen molar-refractivity contribution in [3.05, 3.63) is 30.3 Å². The van der Waals surface area contributed by atoms with Crippen LogP contribution in [0.15, 0.2) is 35.4 Å². The zero-order valence-corrected chi connectivity index (χ0v) is 14.1. The van der Waals surface area contributed by atoms with Gasteiger partial charge in [-0.2, -0.15) is 10.4 Å². The molecule has 7 heteroatoms. The second kappa shape index (κ2) is 6.93. The van der Waals surface area contributed by atoms with Crippen LogP contribution in [-0.4, -0.2) is 35.8 Å². The van der Waals surface area contributed by atoms with Crippen molar-refractivity contribution in [2.45, 2.75) is 44.2 Å². The number of carbonyl (C=O) groups is 2. The number of para-hydroxylation sites is 1. The molecule has 130 valence electrons. The predicted octanol–water partition coefficient (Wildman–Crippen LogP) is 1.75. The van der Waals surface area contributed by atoms with Gasteiger partial charge in [-0.15, -0.1) is 0 Å². The molecule has 7 nitrogen and oxygen atoms in total. The van der Waals surface area contributed by atoms with E-state index in [0.717, 1.165) is 6.42 Å². The summed E-state index contributed by atoms with van der Waals surface area (Å²) in [5, 5.41) is 18.0. The highest BCUT2D eigenvalue weighted by molar-refractivity contribution is 6.38. The van der Waals surface area contributed by atoms with Crippen LogP contribution in [0, 0.1) is 11.3 Å². The Morgan fingerprint density at radius 1 is 1.40 bits per heavy atom. The van der Waals surface area contributed by atoms with Gasteiger partial charge in [0, 0.05) is 6.42 Å². The largest absolute Gasteiger partial charge is 0.461 e. The van der Waals surface area contributed by atoms with Gasteiger partial charge in [0.15, 0.2) is 0 Å². The minimum atomic E-state index is -0.786. The normalized spacial score (nSPS) is 20.9. The molecule has 0 spiro atoms. The molecule has 1 atom stereocenters. The van der Waals surface area contributed by atoms with Crippen LogP contribution < -0.4 is 10.3 Å². The molecule has 1 aliphatic heterocycles. The Hall–Kier alpha value is -2.88. The Balaban J connectivity index is 1.83. The molecule has 1 aromatic carbocycles. The van der Waals surface area contributed by atoms with Crippen molar-refractivity contribution >= 4 is 23.3 Å². The lowest BCUT2D eigenvalue weighted by Crippen LogP contribution is -2.57. The first-order valence-corrected chi connectivity index (χ1v) is 8.41. The Kier molecular flexibility index (Phi) is 4.70. The third-order valence-corrected chi connectivity index (χ3v) is 4.53. The average molecular weight is 340 g/mol. The predicted molar refractivity (Wildman–Crippen MR) is 91.7 cm³/mol. The van der Waals surface area contributed by atoms with E-state index in [1.807, 2.05) is 30.3 Å². The number of nitrogens with one attached hydrogen (secondary N) is 1. The van der Waals surface area contributed by atoms with Gasteiger partial charge in [-0.25, -0.2) is 4.79 Å². The number of rotatable bonds is 5. The van der Waals surface area contributed by atoms with Crippen LogP contribution in [0.4, 0.5) is 5.69 Å². The van der Waals surface area contributed by atoms with Gasteiger partial charge in [0.1, 0.15) is 17.3 Å². The number of carbonyl (C=O) groups excluding carboxylic acids is 2. The first-order chi connectivity index (χ1) is 12.1. The molecular weight excluding hydrogens is 320 g/mol. The van der Waals surface area contributed by atoms with Crippen LogP contribution >= 0.6 is 0 Å². The van der Waals surface area contributed by atoms with Gasteiger partial charge in [0.25, 0.3) is 0 Å². The van der Waals surface area contributed by atoms with Crippen molar-refractivity contribution in [1.29, 1.82) is 5.26 Å². The number of nitrogens with zero attached hydrogens (tertiary/aromatic N) is 3. The minimum Gasteiger partial charge on any atom is -0.461 e. The minimum absolute atomic E-state index is 0.154. The zero-order valence-electron chi connectivity index (χ0n) is 14.1. The molecule has 0 saturated heterocycles. The number of hydrazone groups is 1. The van der Waals surface area contributed by atoms with Gasteiger partial charge in [-0.05, 0) is 38.3 Å². The van der Waals surface area contributed by atoms with Crippen LogP contribution in [0.2, 0.25) is 0 Å². The van der Waals surface area contributed by atoms with E-state index in [1.54, 1.807) is 6.92 Å². The van der Waals surface area contributed by atoms with Crippen molar-refractivity contribution in [3.8, 4) is 6.07 Å². The van der Waals surface area contributed by atoms with Crippen molar-refractivity contribution in [2.24, 2.45) is 5.10 Å². The summed E-state index contributed by atoms with van der Waals surface area (Å²) in [5.41, 5.74) is 0.138. The second-order valence-corrected chi connectivity index (χ2v) is 6.20. The summed E-state index contributed by atoms with van der Waals surface area (Å²) in [5.74, 6) is -0.814. The van der Waals surface area contributed by atoms with E-state index in [9.17, 15) is 14.9 Å². The van der Waals surface area contributed by atoms with Gasteiger partial charge in [-0.3, -0.25) is 9.80 Å². The van der Waals surface area contributed by atoms with Crippen LogP contribution in [0.3, 0.4) is 0 Å². The molecule has 1 amide bonds. The molecule has 0 unspecified atom stereocenters. The third kappa shape index (κ3) is 3.33. The SMILES string of the molecule is CCOC(=O)C1=NN(c2ccccc2)[C@H](C(=O)NC2(C#N)CCC2)C1. The highest BCUT2D eigenvalue weighted by Crippen LogP contribution is 2.32. The maximum absolute atomic E-state index is 12.8. The van der Waals surface area contributed by atoms with Crippen molar-refractivity contribution in [1.82, 2.24) is 5.32 Å². The molecule has 2 aliphatic rings. The highest BCUT2D eigenvalue weighted by atomic mass is 16.5. The summed E-state index contributed by atoms with van der Waals surface area (Å²) in [6, 6.07) is 10.7. The Morgan fingerprint density at radius 2 is 2.12 bits per heavy atom. The number of amides is 1. The van der Waals surface area contributed by atoms with E-state index in [1.165, 1.54) is 5.01 Å². The monoisotopic (exact) mass is 340 g/mol. The lowest BCUT2D eigenvalue weighted by Gasteiger charge is -2.37. The van der Waals surface area contributed by atoms with Gasteiger partial charge in [-0.1, -0.05) is 18.2 Å². The summed E-state index contributed by atoms with van der Waals surface area (Å²) < 4.78 is 5.01. The smallest absolute Gasteiger partial charge is 0.354 e. The summed E-state index contributed by atoms with van der Waals surface area (Å²) in [6.07, 6.45) is 2.38. The average Bonchev–Trinajstić information content (AvgIpc) is 3.04. The number of hydrogen-bond acceptors (Lipinski definition) is 6. The molecule has 1 heterocycles. The van der Waals surface area contributed by atoms with Crippen molar-refractivity contribution in [2.75, 3.05) is 11.6 Å². The van der Waals surface area contributed by atoms with Crippen LogP contribution in [0.5, 0.6) is 0 Å². The molecular formula is C18H20N4O3. The Morgan fingerprint density at radius 3 is 2.68 bits per heavy atom. The molecule has 0 radical (unpaired) electrons. The summed E-state index contributed by atoms with van der Waals surface area (Å²) >= 11 is 0. The zero-order chi connectivity index (χ0) is 17.9. The molecule has 1 aliphatic carbocycles. The lowest BCUT2D eigenvalue weighted by atomic mass is 9.78. The van der Waals surface area contributed by atoms with Gasteiger partial charge in [0.2, 0.25) is 5.91 Å². The van der Waals surface area contributed by atoms with E-state index in [2.05, 4.69) is 16.5 Å². The molecule has 1 N–H and O–H groups in total. The van der Waals surface area contributed by atoms with E-state index in [4.69, 9.17) is 4.74 Å². The van der Waals surface area contributed by atoms with Crippen LogP contribution in [0.25, 0.3) is 0 Å². The fourth-order valence-electron chi connectivity index (χ4n) is 2.99. The second-order valence-electron chi connectivity index (χ2n) is 6.20. The quantitative estimate of drug-likeness (QED) is 0.824. The lowest BCUT2D eigenvalue weighted by molar-refractivity contribution is -0.135. The van der Waals surface area contributed by atoms with E-state index < -0.39 is 17.6 Å². The molecule has 1 saturated carbocycles. The van der Waals surface area contributed by atoms with Crippen molar-refractivity contribution in [3.63, 3.8) is 0 Å². The third-order valence-electron chi connectivity index (χ3n) is 4.53. The molecule has 25 heavy (non-hydrogen) atoms. The van der Waals surface area contributed by atoms with Crippen molar-refractivity contribution < 1.29 is 14.3 Å². The highest BCUT2D eigenvalue weighted by Gasteiger charge is 2.43. The standard InChI is InChI=1S/C18H20N4O3/c1-2-25-17(24)14-11-15(16(23)20-18(12-19)9-6-10-18)22(21-14)13-7-4-3-5-8-13/h3-5,7-8,15H,2,6,9-11H2,1H3,(H,20,23)/t15-/m0/s1. The Bertz CT molecular complexity index is 734. The number of ether oxygens (including phenoxy) is 1. The maximum atomic E-state index is 12.8. The van der Waals surface area contributed by atoms with Crippen LogP contribution in [0.1, 0.15) is 32.6 Å². The molecule has 0 aromatic heterocycles. The summed E-state index contributed by atoms with van der Waals surface area (Å²) in [7, 11) is 0. The molecule has 1 aromatic rings. The number of anilines is 1. The number of esters is 1. The number of nitriles is 1. The van der Waals surface area contributed by atoms with Crippen LogP contribution in [-0.2, 0) is 14.3 Å². The maximum Gasteiger partial charge on any atom is 0.354 e. The number of benzene rings is 1. The first-order valence-electron chi connectivity index (χ1n) is 8.41. The Labute approximate surface area is 146 Å².